The summed E-state index contributed by atoms with van der Waals surface area (Å²) in [7, 11) is 0. The van der Waals surface area contributed by atoms with Crippen molar-refractivity contribution in [3.63, 3.8) is 0 Å². The molecule has 0 saturated carbocycles. The maximum Gasteiger partial charge on any atom is 0.407 e. The van der Waals surface area contributed by atoms with Gasteiger partial charge in [0, 0.05) is 34.2 Å². The standard InChI is InChI=1S/C36H48N6O13/c1-19(2)13-28-33(47)37-15-26(14-25-11-9-8-10-12-25)38-36(49)51-17-27-16-41(40-39-27)20(3)34(48)42(28)35-32(54-24(7)46)31(53-23(6)45)30(52-22(5)44)29(55-35)18-50-21(4)43/h8-12,16,19-20,26,28-32,35H,13-15,17-18H2,1-7H3,(H,37,47)(H,38,49)/t20-,26-,28?,29+,30+,31-,32+,35+/m0/s1. The zero-order valence-corrected chi connectivity index (χ0v) is 31.8. The first-order valence-electron chi connectivity index (χ1n) is 17.8. The van der Waals surface area contributed by atoms with E-state index in [2.05, 4.69) is 20.9 Å². The number of ether oxygens (including phenoxy) is 6. The van der Waals surface area contributed by atoms with Gasteiger partial charge in [-0.15, -0.1) is 5.10 Å². The summed E-state index contributed by atoms with van der Waals surface area (Å²) < 4.78 is 35.1. The maximum absolute atomic E-state index is 14.9. The van der Waals surface area contributed by atoms with E-state index in [1.54, 1.807) is 0 Å². The van der Waals surface area contributed by atoms with Gasteiger partial charge in [0.2, 0.25) is 11.8 Å². The van der Waals surface area contributed by atoms with Gasteiger partial charge in [0.05, 0.1) is 12.2 Å². The van der Waals surface area contributed by atoms with E-state index in [1.165, 1.54) is 17.8 Å². The van der Waals surface area contributed by atoms with E-state index in [-0.39, 0.29) is 31.2 Å². The molecule has 3 amide bonds. The highest BCUT2D eigenvalue weighted by molar-refractivity contribution is 5.89. The van der Waals surface area contributed by atoms with Gasteiger partial charge in [-0.05, 0) is 31.2 Å². The number of nitrogens with zero attached hydrogens (tertiary/aromatic N) is 4. The average Bonchev–Trinajstić information content (AvgIpc) is 3.58. The molecule has 19 heteroatoms. The average molecular weight is 773 g/mol. The van der Waals surface area contributed by atoms with Crippen LogP contribution in [0.5, 0.6) is 0 Å². The van der Waals surface area contributed by atoms with Crippen molar-refractivity contribution in [1.82, 2.24) is 30.5 Å². The lowest BCUT2D eigenvalue weighted by molar-refractivity contribution is -0.279. The smallest absolute Gasteiger partial charge is 0.407 e. The molecule has 1 unspecified atom stereocenters. The van der Waals surface area contributed by atoms with Crippen molar-refractivity contribution in [3.05, 3.63) is 47.8 Å². The minimum absolute atomic E-state index is 0.0264. The molecule has 2 aliphatic heterocycles. The van der Waals surface area contributed by atoms with Crippen LogP contribution >= 0.6 is 0 Å². The first kappa shape index (κ1) is 42.2. The summed E-state index contributed by atoms with van der Waals surface area (Å²) in [6.45, 7) is 8.53. The normalized spacial score (nSPS) is 26.3. The molecular formula is C36H48N6O13. The van der Waals surface area contributed by atoms with Crippen molar-refractivity contribution in [2.75, 3.05) is 13.2 Å². The summed E-state index contributed by atoms with van der Waals surface area (Å²) in [5.74, 6) is -5.01. The number of rotatable bonds is 10. The van der Waals surface area contributed by atoms with Gasteiger partial charge < -0.3 is 39.1 Å². The molecule has 19 nitrogen and oxygen atoms in total. The number of carbonyl (C=O) groups is 7. The molecule has 55 heavy (non-hydrogen) atoms. The maximum atomic E-state index is 14.9. The summed E-state index contributed by atoms with van der Waals surface area (Å²) in [5.41, 5.74) is 1.06. The number of benzene rings is 1. The Morgan fingerprint density at radius 3 is 2.16 bits per heavy atom. The van der Waals surface area contributed by atoms with Crippen LogP contribution < -0.4 is 10.6 Å². The first-order valence-corrected chi connectivity index (χ1v) is 17.8. The van der Waals surface area contributed by atoms with Crippen LogP contribution in [0.2, 0.25) is 0 Å². The van der Waals surface area contributed by atoms with Gasteiger partial charge in [-0.2, -0.15) is 0 Å². The van der Waals surface area contributed by atoms with E-state index in [4.69, 9.17) is 28.4 Å². The number of nitrogens with one attached hydrogen (secondary N) is 2. The molecule has 1 fully saturated rings. The lowest BCUT2D eigenvalue weighted by atomic mass is 9.93. The van der Waals surface area contributed by atoms with Gasteiger partial charge in [0.15, 0.2) is 24.5 Å². The Balaban J connectivity index is 1.90. The summed E-state index contributed by atoms with van der Waals surface area (Å²) in [5, 5.41) is 13.8. The van der Waals surface area contributed by atoms with Crippen molar-refractivity contribution < 1.29 is 62.0 Å². The summed E-state index contributed by atoms with van der Waals surface area (Å²) in [4.78, 5) is 93.1. The molecule has 0 radical (unpaired) electrons. The second-order valence-electron chi connectivity index (χ2n) is 13.7. The van der Waals surface area contributed by atoms with E-state index in [9.17, 15) is 33.6 Å². The van der Waals surface area contributed by atoms with Gasteiger partial charge in [-0.1, -0.05) is 49.4 Å². The lowest BCUT2D eigenvalue weighted by Crippen LogP contribution is -2.69. The molecule has 2 bridgehead atoms. The van der Waals surface area contributed by atoms with Crippen LogP contribution in [0, 0.1) is 5.92 Å². The Labute approximate surface area is 317 Å². The number of cyclic esters (lactones) is 1. The minimum atomic E-state index is -1.72. The fourth-order valence-corrected chi connectivity index (χ4v) is 6.34. The highest BCUT2D eigenvalue weighted by atomic mass is 16.7. The highest BCUT2D eigenvalue weighted by Gasteiger charge is 2.56. The zero-order chi connectivity index (χ0) is 40.4. The fourth-order valence-electron chi connectivity index (χ4n) is 6.34. The third-order valence-electron chi connectivity index (χ3n) is 8.66. The Morgan fingerprint density at radius 2 is 1.55 bits per heavy atom. The second-order valence-corrected chi connectivity index (χ2v) is 13.7. The summed E-state index contributed by atoms with van der Waals surface area (Å²) >= 11 is 0. The Hall–Kier alpha value is -5.59. The number of fused-ring (bicyclic) bond motifs is 2. The lowest BCUT2D eigenvalue weighted by Gasteiger charge is -2.49. The van der Waals surface area contributed by atoms with Gasteiger partial charge in [-0.25, -0.2) is 9.48 Å². The molecule has 8 atom stereocenters. The van der Waals surface area contributed by atoms with Crippen molar-refractivity contribution in [1.29, 1.82) is 0 Å². The molecule has 0 spiro atoms. The minimum Gasteiger partial charge on any atom is -0.463 e. The number of amides is 3. The predicted octanol–water partition coefficient (Wildman–Crippen LogP) is 1.13. The van der Waals surface area contributed by atoms with Crippen LogP contribution in [-0.2, 0) is 70.2 Å². The molecule has 0 aliphatic carbocycles. The Bertz CT molecular complexity index is 1700. The summed E-state index contributed by atoms with van der Waals surface area (Å²) in [6.07, 6.45) is -7.00. The predicted molar refractivity (Wildman–Crippen MR) is 187 cm³/mol. The number of esters is 4. The van der Waals surface area contributed by atoms with Crippen LogP contribution in [0.4, 0.5) is 4.79 Å². The van der Waals surface area contributed by atoms with Gasteiger partial charge in [-0.3, -0.25) is 33.7 Å². The first-order chi connectivity index (χ1) is 26.0. The molecule has 1 aromatic heterocycles. The Kier molecular flexibility index (Phi) is 14.7. The Morgan fingerprint density at radius 1 is 0.909 bits per heavy atom. The molecule has 300 valence electrons. The van der Waals surface area contributed by atoms with Crippen LogP contribution in [-0.4, -0.2) is 118 Å². The number of alkyl carbamates (subject to hydrolysis) is 1. The van der Waals surface area contributed by atoms with Crippen LogP contribution in [0.15, 0.2) is 36.5 Å². The number of aromatic nitrogens is 3. The third-order valence-corrected chi connectivity index (χ3v) is 8.66. The SMILES string of the molecule is CC(=O)OC[C@H]1O[C@@H](N2C(=O)[C@H](C)n3cc(nn3)COC(=O)N[C@@H](Cc3ccccc3)CNC(=O)C2CC(C)C)[C@H](OC(C)=O)[C@@H](OC(C)=O)[C@@H]1OC(C)=O. The van der Waals surface area contributed by atoms with Crippen molar-refractivity contribution >= 4 is 41.8 Å². The highest BCUT2D eigenvalue weighted by Crippen LogP contribution is 2.34. The monoisotopic (exact) mass is 772 g/mol. The topological polar surface area (TPSA) is 233 Å². The molecule has 4 rings (SSSR count). The third kappa shape index (κ3) is 11.7. The molecule has 2 N–H and O–H groups in total. The van der Waals surface area contributed by atoms with Gasteiger partial charge in [0.25, 0.3) is 0 Å². The van der Waals surface area contributed by atoms with E-state index in [0.29, 0.717) is 6.42 Å². The van der Waals surface area contributed by atoms with Crippen LogP contribution in [0.1, 0.15) is 72.2 Å². The van der Waals surface area contributed by atoms with E-state index in [0.717, 1.165) is 38.2 Å². The summed E-state index contributed by atoms with van der Waals surface area (Å²) in [6, 6.07) is 5.96. The van der Waals surface area contributed by atoms with E-state index in [1.807, 2.05) is 44.2 Å². The largest absolute Gasteiger partial charge is 0.463 e. The number of hydrogen-bond donors (Lipinski definition) is 2. The molecule has 2 aromatic rings. The zero-order valence-electron chi connectivity index (χ0n) is 31.8. The van der Waals surface area contributed by atoms with E-state index >= 15 is 0 Å². The van der Waals surface area contributed by atoms with Crippen LogP contribution in [0.25, 0.3) is 0 Å². The molecule has 1 aromatic carbocycles. The van der Waals surface area contributed by atoms with Crippen molar-refractivity contribution in [2.45, 2.75) is 117 Å². The quantitative estimate of drug-likeness (QED) is 0.255. The molecule has 2 aliphatic rings. The van der Waals surface area contributed by atoms with Crippen molar-refractivity contribution in [3.8, 4) is 0 Å². The number of carbonyl (C=O) groups excluding carboxylic acids is 7. The van der Waals surface area contributed by atoms with Crippen molar-refractivity contribution in [2.24, 2.45) is 5.92 Å². The molecule has 3 heterocycles. The molecular weight excluding hydrogens is 724 g/mol. The van der Waals surface area contributed by atoms with Crippen LogP contribution in [0.3, 0.4) is 0 Å². The van der Waals surface area contributed by atoms with Gasteiger partial charge in [0.1, 0.15) is 37.1 Å². The fraction of sp³-hybridized carbons (Fsp3) is 0.583. The second kappa shape index (κ2) is 19.1. The van der Waals surface area contributed by atoms with E-state index < -0.39 is 97.2 Å². The molecule has 1 saturated heterocycles. The van der Waals surface area contributed by atoms with Gasteiger partial charge >= 0.3 is 30.0 Å². The number of hydrogen-bond acceptors (Lipinski definition) is 15.